The molecule has 35 heavy (non-hydrogen) atoms. The summed E-state index contributed by atoms with van der Waals surface area (Å²) in [4.78, 5) is 15.0. The first-order valence-electron chi connectivity index (χ1n) is 12.6. The van der Waals surface area contributed by atoms with Gasteiger partial charge in [0.25, 0.3) is 0 Å². The number of nitrogens with zero attached hydrogens (tertiary/aromatic N) is 1. The standard InChI is InChI=1S/C28H42BNO5/c1-10-12-22(11-2)28(19-25(4,5)32)17-18-30(24(31)33-28)20(3)21-13-15-23(16-14-21)29-34-26(6,7)27(8,9)35-29/h10-16,20,32H,17-19H2,1-9H3. The topological polar surface area (TPSA) is 68.2 Å². The number of carbonyl (C=O) groups is 1. The molecule has 1 aromatic rings. The molecule has 2 heterocycles. The predicted octanol–water partition coefficient (Wildman–Crippen LogP) is 5.31. The molecule has 192 valence electrons. The lowest BCUT2D eigenvalue weighted by molar-refractivity contribution is -0.0746. The van der Waals surface area contributed by atoms with E-state index in [1.807, 2.05) is 91.0 Å². The number of carbonyl (C=O) groups excluding carboxylic acids is 1. The molecule has 2 aliphatic heterocycles. The van der Waals surface area contributed by atoms with Gasteiger partial charge in [-0.25, -0.2) is 4.79 Å². The SMILES string of the molecule is CC=CC(=CC)C1(CC(C)(C)O)CCN(C(C)c2ccc(B3OC(C)(C)C(C)(C)O3)cc2)C(=O)O1. The molecule has 0 radical (unpaired) electrons. The van der Waals surface area contributed by atoms with Crippen LogP contribution in [0.15, 0.2) is 48.1 Å². The highest BCUT2D eigenvalue weighted by molar-refractivity contribution is 6.62. The van der Waals surface area contributed by atoms with Crippen LogP contribution in [0.1, 0.15) is 86.8 Å². The second kappa shape index (κ2) is 9.76. The molecule has 0 bridgehead atoms. The third kappa shape index (κ3) is 5.68. The minimum Gasteiger partial charge on any atom is -0.438 e. The van der Waals surface area contributed by atoms with Gasteiger partial charge in [0.1, 0.15) is 5.60 Å². The number of amides is 1. The minimum absolute atomic E-state index is 0.161. The summed E-state index contributed by atoms with van der Waals surface area (Å²) < 4.78 is 18.5. The van der Waals surface area contributed by atoms with E-state index in [-0.39, 0.29) is 12.1 Å². The number of allylic oxidation sites excluding steroid dienone is 2. The van der Waals surface area contributed by atoms with Crippen molar-refractivity contribution >= 4 is 18.7 Å². The number of rotatable bonds is 7. The van der Waals surface area contributed by atoms with Crippen LogP contribution in [0, 0.1) is 0 Å². The first-order chi connectivity index (χ1) is 16.1. The average molecular weight is 483 g/mol. The van der Waals surface area contributed by atoms with E-state index in [0.717, 1.165) is 16.6 Å². The summed E-state index contributed by atoms with van der Waals surface area (Å²) in [5.74, 6) is 0. The molecule has 2 fully saturated rings. The fourth-order valence-electron chi connectivity index (χ4n) is 4.93. The van der Waals surface area contributed by atoms with Gasteiger partial charge in [-0.3, -0.25) is 0 Å². The third-order valence-electron chi connectivity index (χ3n) is 7.59. The molecule has 7 heteroatoms. The second-order valence-corrected chi connectivity index (χ2v) is 11.5. The maximum absolute atomic E-state index is 13.3. The van der Waals surface area contributed by atoms with Crippen LogP contribution in [-0.2, 0) is 14.0 Å². The van der Waals surface area contributed by atoms with Crippen molar-refractivity contribution in [3.63, 3.8) is 0 Å². The van der Waals surface area contributed by atoms with Crippen LogP contribution in [0.25, 0.3) is 0 Å². The van der Waals surface area contributed by atoms with Gasteiger partial charge in [0, 0.05) is 19.4 Å². The molecule has 2 saturated heterocycles. The Hall–Kier alpha value is -2.09. The van der Waals surface area contributed by atoms with Gasteiger partial charge in [-0.15, -0.1) is 0 Å². The molecule has 3 rings (SSSR count). The molecule has 1 amide bonds. The highest BCUT2D eigenvalue weighted by atomic mass is 16.7. The highest BCUT2D eigenvalue weighted by Crippen LogP contribution is 2.41. The molecule has 2 aliphatic rings. The zero-order chi connectivity index (χ0) is 26.2. The Morgan fingerprint density at radius 3 is 2.17 bits per heavy atom. The van der Waals surface area contributed by atoms with Crippen molar-refractivity contribution < 1.29 is 23.9 Å². The summed E-state index contributed by atoms with van der Waals surface area (Å²) in [5, 5.41) is 10.6. The summed E-state index contributed by atoms with van der Waals surface area (Å²) >= 11 is 0. The van der Waals surface area contributed by atoms with Crippen LogP contribution >= 0.6 is 0 Å². The molecule has 0 aliphatic carbocycles. The number of ether oxygens (including phenoxy) is 1. The maximum atomic E-state index is 13.3. The van der Waals surface area contributed by atoms with Crippen molar-refractivity contribution in [2.45, 2.75) is 104 Å². The highest BCUT2D eigenvalue weighted by Gasteiger charge is 2.52. The fraction of sp³-hybridized carbons (Fsp3) is 0.607. The first kappa shape index (κ1) is 27.5. The zero-order valence-electron chi connectivity index (χ0n) is 22.8. The monoisotopic (exact) mass is 483 g/mol. The maximum Gasteiger partial charge on any atom is 0.494 e. The van der Waals surface area contributed by atoms with Crippen molar-refractivity contribution in [2.75, 3.05) is 6.54 Å². The molecule has 1 aromatic carbocycles. The van der Waals surface area contributed by atoms with Crippen molar-refractivity contribution in [3.8, 4) is 0 Å². The van der Waals surface area contributed by atoms with E-state index < -0.39 is 29.5 Å². The molecule has 2 atom stereocenters. The summed E-state index contributed by atoms with van der Waals surface area (Å²) in [6, 6.07) is 7.89. The van der Waals surface area contributed by atoms with E-state index in [4.69, 9.17) is 14.0 Å². The predicted molar refractivity (Wildman–Crippen MR) is 141 cm³/mol. The summed E-state index contributed by atoms with van der Waals surface area (Å²) in [7, 11) is -0.419. The van der Waals surface area contributed by atoms with E-state index in [9.17, 15) is 9.90 Å². The Morgan fingerprint density at radius 1 is 1.14 bits per heavy atom. The van der Waals surface area contributed by atoms with Crippen LogP contribution in [0.4, 0.5) is 4.79 Å². The van der Waals surface area contributed by atoms with E-state index in [0.29, 0.717) is 19.4 Å². The Balaban J connectivity index is 1.77. The zero-order valence-corrected chi connectivity index (χ0v) is 22.8. The smallest absolute Gasteiger partial charge is 0.438 e. The van der Waals surface area contributed by atoms with Crippen LogP contribution in [0.2, 0.25) is 0 Å². The van der Waals surface area contributed by atoms with E-state index >= 15 is 0 Å². The lowest BCUT2D eigenvalue weighted by atomic mass is 9.78. The van der Waals surface area contributed by atoms with E-state index in [2.05, 4.69) is 0 Å². The summed E-state index contributed by atoms with van der Waals surface area (Å²) in [6.07, 6.45) is 6.43. The lowest BCUT2D eigenvalue weighted by Gasteiger charge is -2.46. The minimum atomic E-state index is -0.979. The van der Waals surface area contributed by atoms with Crippen molar-refractivity contribution in [3.05, 3.63) is 53.6 Å². The van der Waals surface area contributed by atoms with Crippen LogP contribution < -0.4 is 5.46 Å². The molecular weight excluding hydrogens is 441 g/mol. The van der Waals surface area contributed by atoms with Gasteiger partial charge in [-0.05, 0) is 78.9 Å². The number of cyclic esters (lactones) is 1. The van der Waals surface area contributed by atoms with Crippen LogP contribution in [0.5, 0.6) is 0 Å². The number of hydrogen-bond acceptors (Lipinski definition) is 5. The molecule has 0 aromatic heterocycles. The first-order valence-corrected chi connectivity index (χ1v) is 12.6. The quantitative estimate of drug-likeness (QED) is 0.421. The van der Waals surface area contributed by atoms with Crippen LogP contribution in [-0.4, -0.2) is 52.2 Å². The summed E-state index contributed by atoms with van der Waals surface area (Å²) in [6.45, 7) is 18.1. The van der Waals surface area contributed by atoms with Crippen molar-refractivity contribution in [1.29, 1.82) is 0 Å². The molecule has 1 N–H and O–H groups in total. The normalized spacial score (nSPS) is 25.8. The second-order valence-electron chi connectivity index (χ2n) is 11.5. The van der Waals surface area contributed by atoms with Gasteiger partial charge in [0.05, 0.1) is 22.8 Å². The van der Waals surface area contributed by atoms with Crippen molar-refractivity contribution in [1.82, 2.24) is 4.90 Å². The molecule has 0 saturated carbocycles. The van der Waals surface area contributed by atoms with Gasteiger partial charge in [-0.2, -0.15) is 0 Å². The van der Waals surface area contributed by atoms with E-state index in [1.54, 1.807) is 18.7 Å². The lowest BCUT2D eigenvalue weighted by Crippen LogP contribution is -2.53. The number of aliphatic hydroxyl groups is 1. The Labute approximate surface area is 211 Å². The fourth-order valence-corrected chi connectivity index (χ4v) is 4.93. The van der Waals surface area contributed by atoms with Gasteiger partial charge < -0.3 is 24.1 Å². The largest absolute Gasteiger partial charge is 0.494 e. The van der Waals surface area contributed by atoms with Crippen molar-refractivity contribution in [2.24, 2.45) is 0 Å². The summed E-state index contributed by atoms with van der Waals surface area (Å²) in [5.41, 5.74) is 0.256. The Kier molecular flexibility index (Phi) is 7.67. The van der Waals surface area contributed by atoms with Crippen LogP contribution in [0.3, 0.4) is 0 Å². The van der Waals surface area contributed by atoms with Gasteiger partial charge in [-0.1, -0.05) is 42.5 Å². The number of hydrogen-bond donors (Lipinski definition) is 1. The van der Waals surface area contributed by atoms with E-state index in [1.165, 1.54) is 0 Å². The Bertz CT molecular complexity index is 960. The van der Waals surface area contributed by atoms with Gasteiger partial charge in [0.2, 0.25) is 0 Å². The molecular formula is C28H42BNO5. The Morgan fingerprint density at radius 2 is 1.71 bits per heavy atom. The van der Waals surface area contributed by atoms with Gasteiger partial charge >= 0.3 is 13.2 Å². The molecule has 0 spiro atoms. The molecule has 2 unspecified atom stereocenters. The number of benzene rings is 1. The average Bonchev–Trinajstić information content (AvgIpc) is 2.97. The van der Waals surface area contributed by atoms with Gasteiger partial charge in [0.15, 0.2) is 0 Å². The third-order valence-corrected chi connectivity index (χ3v) is 7.59. The molecule has 6 nitrogen and oxygen atoms in total.